The van der Waals surface area contributed by atoms with Crippen LogP contribution in [0.3, 0.4) is 0 Å². The Kier molecular flexibility index (Phi) is 8.41. The van der Waals surface area contributed by atoms with Crippen LogP contribution in [0, 0.1) is 34.6 Å². The van der Waals surface area contributed by atoms with E-state index in [1.807, 2.05) is 11.3 Å². The maximum absolute atomic E-state index is 6.38. The minimum atomic E-state index is -0.0260. The van der Waals surface area contributed by atoms with Crippen molar-refractivity contribution in [2.24, 2.45) is 0 Å². The van der Waals surface area contributed by atoms with Crippen molar-refractivity contribution in [1.82, 2.24) is 0 Å². The van der Waals surface area contributed by atoms with Crippen LogP contribution in [0.1, 0.15) is 107 Å². The molecule has 0 atom stereocenters. The third kappa shape index (κ3) is 5.83. The summed E-state index contributed by atoms with van der Waals surface area (Å²) < 4.78 is 13.9. The number of rotatable bonds is 2. The fraction of sp³-hybridized carbons (Fsp3) is 0.373. The number of nitrogens with zero attached hydrogens (tertiary/aromatic N) is 2. The molecule has 292 valence electrons. The minimum Gasteiger partial charge on any atom is -0.486 e. The molecule has 3 aliphatic heterocycles. The first-order valence-electron chi connectivity index (χ1n) is 20.7. The summed E-state index contributed by atoms with van der Waals surface area (Å²) in [6.07, 6.45) is 0. The number of ether oxygens (including phenoxy) is 2. The predicted molar refractivity (Wildman–Crippen MR) is 247 cm³/mol. The molecule has 0 N–H and O–H groups in total. The highest BCUT2D eigenvalue weighted by Gasteiger charge is 2.47. The molecule has 4 nitrogen and oxygen atoms in total. The van der Waals surface area contributed by atoms with E-state index in [1.165, 1.54) is 98.9 Å². The molecule has 0 unspecified atom stereocenters. The molecule has 0 saturated carbocycles. The van der Waals surface area contributed by atoms with Crippen LogP contribution in [-0.2, 0) is 16.2 Å². The zero-order valence-corrected chi connectivity index (χ0v) is 37.3. The van der Waals surface area contributed by atoms with Crippen molar-refractivity contribution >= 4 is 78.0 Å². The average Bonchev–Trinajstić information content (AvgIpc) is 3.50. The summed E-state index contributed by atoms with van der Waals surface area (Å²) in [7, 11) is 0. The number of aryl methyl sites for hydroxylation is 4. The minimum absolute atomic E-state index is 0.0153. The Morgan fingerprint density at radius 3 is 1.79 bits per heavy atom. The molecule has 0 bridgehead atoms. The van der Waals surface area contributed by atoms with Crippen molar-refractivity contribution in [1.29, 1.82) is 0 Å². The molecular formula is C51H57BN2O2S. The Bertz CT molecular complexity index is 2640. The molecule has 6 aromatic rings. The van der Waals surface area contributed by atoms with Crippen LogP contribution < -0.4 is 35.7 Å². The van der Waals surface area contributed by atoms with Gasteiger partial charge in [0.25, 0.3) is 6.71 Å². The predicted octanol–water partition coefficient (Wildman–Crippen LogP) is 12.2. The molecule has 5 aromatic carbocycles. The fourth-order valence-electron chi connectivity index (χ4n) is 9.64. The van der Waals surface area contributed by atoms with E-state index in [-0.39, 0.29) is 23.0 Å². The molecule has 6 heteroatoms. The Labute approximate surface area is 344 Å². The zero-order valence-electron chi connectivity index (χ0n) is 36.5. The third-order valence-electron chi connectivity index (χ3n) is 12.6. The molecule has 0 amide bonds. The van der Waals surface area contributed by atoms with E-state index in [0.29, 0.717) is 13.2 Å². The molecule has 3 aliphatic rings. The molecule has 0 saturated heterocycles. The summed E-state index contributed by atoms with van der Waals surface area (Å²) in [6.45, 7) is 33.5. The Morgan fingerprint density at radius 1 is 0.561 bits per heavy atom. The second-order valence-corrected chi connectivity index (χ2v) is 21.1. The smallest absolute Gasteiger partial charge is 0.254 e. The van der Waals surface area contributed by atoms with Crippen molar-refractivity contribution in [3.05, 3.63) is 111 Å². The van der Waals surface area contributed by atoms with Crippen LogP contribution in [0.5, 0.6) is 11.5 Å². The maximum Gasteiger partial charge on any atom is 0.254 e. The summed E-state index contributed by atoms with van der Waals surface area (Å²) in [5.41, 5.74) is 20.5. The van der Waals surface area contributed by atoms with Crippen molar-refractivity contribution in [2.45, 2.75) is 113 Å². The van der Waals surface area contributed by atoms with Crippen LogP contribution in [0.25, 0.3) is 10.1 Å². The highest BCUT2D eigenvalue weighted by molar-refractivity contribution is 7.26. The van der Waals surface area contributed by atoms with Gasteiger partial charge in [0, 0.05) is 27.3 Å². The van der Waals surface area contributed by atoms with E-state index in [2.05, 4.69) is 173 Å². The SMILES string of the molecule is Cc1cc2c3c(c1)N(c1c(C)cc(C(C)(C)C)cc1C)c1sc4ccc(C(C)(C)C)cc4c1B3c1cc(C(C)(C)C)ccc1N2c1c(C)cc2c(c1C)OCCO2. The highest BCUT2D eigenvalue weighted by Crippen LogP contribution is 2.52. The number of fused-ring (bicyclic) bond motifs is 7. The lowest BCUT2D eigenvalue weighted by Crippen LogP contribution is -2.61. The van der Waals surface area contributed by atoms with Crippen LogP contribution in [-0.4, -0.2) is 19.9 Å². The largest absolute Gasteiger partial charge is 0.486 e. The summed E-state index contributed by atoms with van der Waals surface area (Å²) in [5, 5.41) is 2.69. The molecule has 1 aromatic heterocycles. The van der Waals surface area contributed by atoms with E-state index in [1.54, 1.807) is 0 Å². The van der Waals surface area contributed by atoms with Gasteiger partial charge in [0.2, 0.25) is 0 Å². The average molecular weight is 773 g/mol. The van der Waals surface area contributed by atoms with Gasteiger partial charge >= 0.3 is 0 Å². The van der Waals surface area contributed by atoms with E-state index >= 15 is 0 Å². The quantitative estimate of drug-likeness (QED) is 0.163. The lowest BCUT2D eigenvalue weighted by Gasteiger charge is -2.45. The Hall–Kier alpha value is -4.68. The third-order valence-corrected chi connectivity index (χ3v) is 13.8. The topological polar surface area (TPSA) is 24.9 Å². The first kappa shape index (κ1) is 37.9. The van der Waals surface area contributed by atoms with Gasteiger partial charge in [0.15, 0.2) is 11.5 Å². The molecule has 0 radical (unpaired) electrons. The lowest BCUT2D eigenvalue weighted by atomic mass is 9.33. The van der Waals surface area contributed by atoms with Crippen molar-refractivity contribution in [3.8, 4) is 11.5 Å². The maximum atomic E-state index is 6.38. The van der Waals surface area contributed by atoms with Crippen LogP contribution in [0.2, 0.25) is 0 Å². The second kappa shape index (κ2) is 12.7. The first-order chi connectivity index (χ1) is 26.7. The van der Waals surface area contributed by atoms with Gasteiger partial charge in [-0.05, 0) is 142 Å². The molecule has 0 spiro atoms. The fourth-order valence-corrected chi connectivity index (χ4v) is 10.9. The summed E-state index contributed by atoms with van der Waals surface area (Å²) in [6, 6.07) is 26.5. The van der Waals surface area contributed by atoms with Crippen molar-refractivity contribution in [2.75, 3.05) is 23.0 Å². The van der Waals surface area contributed by atoms with Crippen molar-refractivity contribution < 1.29 is 9.47 Å². The first-order valence-corrected chi connectivity index (χ1v) is 21.5. The van der Waals surface area contributed by atoms with Crippen molar-refractivity contribution in [3.63, 3.8) is 0 Å². The van der Waals surface area contributed by atoms with E-state index in [9.17, 15) is 0 Å². The highest BCUT2D eigenvalue weighted by atomic mass is 32.1. The Morgan fingerprint density at radius 2 is 1.14 bits per heavy atom. The van der Waals surface area contributed by atoms with Gasteiger partial charge in [-0.25, -0.2) is 0 Å². The number of hydrogen-bond acceptors (Lipinski definition) is 5. The second-order valence-electron chi connectivity index (χ2n) is 20.0. The van der Waals surface area contributed by atoms with E-state index in [0.717, 1.165) is 17.1 Å². The summed E-state index contributed by atoms with van der Waals surface area (Å²) in [5.74, 6) is 1.69. The summed E-state index contributed by atoms with van der Waals surface area (Å²) in [4.78, 5) is 5.21. The number of hydrogen-bond donors (Lipinski definition) is 0. The van der Waals surface area contributed by atoms with Crippen LogP contribution >= 0.6 is 11.3 Å². The molecule has 4 heterocycles. The number of benzene rings is 5. The molecule has 0 fully saturated rings. The zero-order chi connectivity index (χ0) is 40.7. The molecule has 57 heavy (non-hydrogen) atoms. The standard InChI is InChI=1S/C51H57BN2O2S/c1-28-21-39-44-40(22-28)54(45-29(2)23-35(24-30(45)3)51(12,13)14)48-43(36-26-33(49(6,7)8)16-18-42(36)57-48)52(44)37-27-34(50(9,10)11)15-17-38(37)53(39)46-31(4)25-41-47(32(46)5)56-20-19-55-41/h15-18,21-27H,19-20H2,1-14H3. The number of thiophene rings is 1. The van der Waals surface area contributed by atoms with Gasteiger partial charge in [0.05, 0.1) is 16.4 Å². The summed E-state index contributed by atoms with van der Waals surface area (Å²) >= 11 is 1.95. The van der Waals surface area contributed by atoms with Gasteiger partial charge < -0.3 is 19.3 Å². The van der Waals surface area contributed by atoms with E-state index in [4.69, 9.17) is 9.47 Å². The van der Waals surface area contributed by atoms with Gasteiger partial charge in [0.1, 0.15) is 13.2 Å². The van der Waals surface area contributed by atoms with Gasteiger partial charge in [-0.15, -0.1) is 11.3 Å². The van der Waals surface area contributed by atoms with Gasteiger partial charge in [-0.1, -0.05) is 98.7 Å². The van der Waals surface area contributed by atoms with Gasteiger partial charge in [-0.2, -0.15) is 0 Å². The Balaban J connectivity index is 1.44. The molecule has 9 rings (SSSR count). The van der Waals surface area contributed by atoms with Crippen LogP contribution in [0.4, 0.5) is 33.4 Å². The molecular weight excluding hydrogens is 715 g/mol. The lowest BCUT2D eigenvalue weighted by molar-refractivity contribution is 0.170. The van der Waals surface area contributed by atoms with Gasteiger partial charge in [-0.3, -0.25) is 0 Å². The number of anilines is 6. The van der Waals surface area contributed by atoms with E-state index < -0.39 is 0 Å². The molecule has 0 aliphatic carbocycles. The normalized spacial score (nSPS) is 14.9. The van der Waals surface area contributed by atoms with Crippen LogP contribution in [0.15, 0.2) is 66.7 Å². The monoisotopic (exact) mass is 772 g/mol.